The Hall–Kier alpha value is -2.16. The number of urea groups is 1. The summed E-state index contributed by atoms with van der Waals surface area (Å²) in [7, 11) is 0. The van der Waals surface area contributed by atoms with Gasteiger partial charge in [-0.15, -0.1) is 0 Å². The molecule has 1 atom stereocenters. The lowest BCUT2D eigenvalue weighted by Gasteiger charge is -2.35. The molecule has 0 unspecified atom stereocenters. The van der Waals surface area contributed by atoms with Crippen LogP contribution in [0.4, 0.5) is 10.5 Å². The normalized spacial score (nSPS) is 25.9. The zero-order valence-corrected chi connectivity index (χ0v) is 17.2. The number of imide groups is 1. The number of halogens is 1. The molecule has 156 valence electrons. The molecule has 4 amide bonds. The van der Waals surface area contributed by atoms with Gasteiger partial charge in [0.25, 0.3) is 5.91 Å². The minimum Gasteiger partial charge on any atom is -0.324 e. The zero-order valence-electron chi connectivity index (χ0n) is 16.5. The van der Waals surface area contributed by atoms with Crippen molar-refractivity contribution in [1.82, 2.24) is 20.0 Å². The molecule has 0 spiro atoms. The Morgan fingerprint density at radius 2 is 1.83 bits per heavy atom. The summed E-state index contributed by atoms with van der Waals surface area (Å²) >= 11 is 6.08. The molecule has 3 fully saturated rings. The van der Waals surface area contributed by atoms with Crippen LogP contribution in [0.5, 0.6) is 0 Å². The van der Waals surface area contributed by atoms with Crippen molar-refractivity contribution < 1.29 is 14.4 Å². The highest BCUT2D eigenvalue weighted by atomic mass is 35.5. The number of hydrogen-bond donors (Lipinski definition) is 2. The van der Waals surface area contributed by atoms with Crippen LogP contribution in [0.2, 0.25) is 5.02 Å². The number of para-hydroxylation sites is 1. The van der Waals surface area contributed by atoms with E-state index in [1.807, 2.05) is 19.1 Å². The third-order valence-corrected chi connectivity index (χ3v) is 6.35. The Bertz CT molecular complexity index is 822. The van der Waals surface area contributed by atoms with Crippen LogP contribution < -0.4 is 10.6 Å². The molecule has 1 aromatic carbocycles. The fourth-order valence-corrected chi connectivity index (χ4v) is 4.21. The van der Waals surface area contributed by atoms with Gasteiger partial charge in [-0.25, -0.2) is 9.69 Å². The van der Waals surface area contributed by atoms with E-state index in [1.165, 1.54) is 4.90 Å². The SMILES string of the molecule is C[C@@]1(C2CC2)NC(=O)N(CN2CCN(CC(=O)Nc3ccccc3Cl)CC2)C1=O. The third-order valence-electron chi connectivity index (χ3n) is 6.02. The van der Waals surface area contributed by atoms with Crippen LogP contribution in [0.15, 0.2) is 24.3 Å². The van der Waals surface area contributed by atoms with E-state index < -0.39 is 5.54 Å². The quantitative estimate of drug-likeness (QED) is 0.684. The highest BCUT2D eigenvalue weighted by molar-refractivity contribution is 6.33. The number of hydrogen-bond acceptors (Lipinski definition) is 5. The molecule has 3 aliphatic rings. The number of carbonyl (C=O) groups excluding carboxylic acids is 3. The van der Waals surface area contributed by atoms with Gasteiger partial charge in [0.15, 0.2) is 0 Å². The van der Waals surface area contributed by atoms with Crippen molar-refractivity contribution in [3.8, 4) is 0 Å². The maximum Gasteiger partial charge on any atom is 0.326 e. The topological polar surface area (TPSA) is 85.0 Å². The van der Waals surface area contributed by atoms with Crippen LogP contribution >= 0.6 is 11.6 Å². The summed E-state index contributed by atoms with van der Waals surface area (Å²) in [4.78, 5) is 42.8. The molecule has 2 saturated heterocycles. The van der Waals surface area contributed by atoms with E-state index in [2.05, 4.69) is 20.4 Å². The first kappa shape index (κ1) is 20.1. The standard InChI is InChI=1S/C20H26ClN5O3/c1-20(14-6-7-14)18(28)26(19(29)23-20)13-25-10-8-24(9-11-25)12-17(27)22-16-5-3-2-4-15(16)21/h2-5,14H,6-13H2,1H3,(H,22,27)(H,23,29)/t20-/m0/s1. The van der Waals surface area contributed by atoms with Crippen molar-refractivity contribution in [2.45, 2.75) is 25.3 Å². The van der Waals surface area contributed by atoms with Crippen LogP contribution in [-0.4, -0.2) is 77.5 Å². The van der Waals surface area contributed by atoms with Gasteiger partial charge in [0, 0.05) is 26.2 Å². The Balaban J connectivity index is 1.24. The highest BCUT2D eigenvalue weighted by Gasteiger charge is 2.56. The molecular formula is C20H26ClN5O3. The second-order valence-corrected chi connectivity index (χ2v) is 8.61. The summed E-state index contributed by atoms with van der Waals surface area (Å²) in [5.74, 6) is 0.0322. The van der Waals surface area contributed by atoms with Crippen molar-refractivity contribution in [3.05, 3.63) is 29.3 Å². The predicted octanol–water partition coefficient (Wildman–Crippen LogP) is 1.57. The van der Waals surface area contributed by atoms with Crippen molar-refractivity contribution in [2.75, 3.05) is 44.7 Å². The number of amides is 4. The maximum atomic E-state index is 12.7. The second-order valence-electron chi connectivity index (χ2n) is 8.20. The molecule has 1 aliphatic carbocycles. The van der Waals surface area contributed by atoms with E-state index in [1.54, 1.807) is 12.1 Å². The van der Waals surface area contributed by atoms with Gasteiger partial charge in [0.1, 0.15) is 5.54 Å². The van der Waals surface area contributed by atoms with Gasteiger partial charge < -0.3 is 10.6 Å². The highest BCUT2D eigenvalue weighted by Crippen LogP contribution is 2.42. The van der Waals surface area contributed by atoms with E-state index >= 15 is 0 Å². The maximum absolute atomic E-state index is 12.7. The summed E-state index contributed by atoms with van der Waals surface area (Å²) in [5, 5.41) is 6.22. The molecule has 9 heteroatoms. The average Bonchev–Trinajstić information content (AvgIpc) is 3.51. The molecule has 8 nitrogen and oxygen atoms in total. The Labute approximate surface area is 175 Å². The number of piperazine rings is 1. The van der Waals surface area contributed by atoms with Crippen LogP contribution in [0.25, 0.3) is 0 Å². The second kappa shape index (κ2) is 7.93. The number of nitrogens with zero attached hydrogens (tertiary/aromatic N) is 3. The van der Waals surface area contributed by atoms with Crippen molar-refractivity contribution in [3.63, 3.8) is 0 Å². The Morgan fingerprint density at radius 3 is 2.48 bits per heavy atom. The summed E-state index contributed by atoms with van der Waals surface area (Å²) < 4.78 is 0. The lowest BCUT2D eigenvalue weighted by Crippen LogP contribution is -2.53. The van der Waals surface area contributed by atoms with E-state index in [4.69, 9.17) is 11.6 Å². The predicted molar refractivity (Wildman–Crippen MR) is 109 cm³/mol. The summed E-state index contributed by atoms with van der Waals surface area (Å²) in [6.07, 6.45) is 1.98. The molecule has 1 aromatic rings. The number of nitrogens with one attached hydrogen (secondary N) is 2. The van der Waals surface area contributed by atoms with E-state index in [0.717, 1.165) is 12.8 Å². The lowest BCUT2D eigenvalue weighted by atomic mass is 9.96. The van der Waals surface area contributed by atoms with E-state index in [-0.39, 0.29) is 30.3 Å². The van der Waals surface area contributed by atoms with Crippen LogP contribution in [0, 0.1) is 5.92 Å². The third kappa shape index (κ3) is 4.24. The van der Waals surface area contributed by atoms with Crippen LogP contribution in [-0.2, 0) is 9.59 Å². The van der Waals surface area contributed by atoms with Gasteiger partial charge in [0.2, 0.25) is 5.91 Å². The molecule has 2 heterocycles. The minimum absolute atomic E-state index is 0.110. The molecule has 4 rings (SSSR count). The summed E-state index contributed by atoms with van der Waals surface area (Å²) in [5.41, 5.74) is -0.134. The smallest absolute Gasteiger partial charge is 0.324 e. The Morgan fingerprint density at radius 1 is 1.17 bits per heavy atom. The lowest BCUT2D eigenvalue weighted by molar-refractivity contribution is -0.133. The first-order valence-electron chi connectivity index (χ1n) is 10.00. The molecule has 0 bridgehead atoms. The van der Waals surface area contributed by atoms with Crippen molar-refractivity contribution in [2.24, 2.45) is 5.92 Å². The number of carbonyl (C=O) groups is 3. The molecular weight excluding hydrogens is 394 g/mol. The fourth-order valence-electron chi connectivity index (χ4n) is 4.03. The summed E-state index contributed by atoms with van der Waals surface area (Å²) in [6.45, 7) is 5.18. The number of rotatable bonds is 6. The van der Waals surface area contributed by atoms with Crippen molar-refractivity contribution in [1.29, 1.82) is 0 Å². The fraction of sp³-hybridized carbons (Fsp3) is 0.550. The van der Waals surface area contributed by atoms with Gasteiger partial charge in [0.05, 0.1) is 23.9 Å². The molecule has 0 radical (unpaired) electrons. The molecule has 2 N–H and O–H groups in total. The summed E-state index contributed by atoms with van der Waals surface area (Å²) in [6, 6.07) is 6.84. The van der Waals surface area contributed by atoms with Crippen LogP contribution in [0.3, 0.4) is 0 Å². The minimum atomic E-state index is -0.740. The largest absolute Gasteiger partial charge is 0.326 e. The molecule has 0 aromatic heterocycles. The average molecular weight is 420 g/mol. The van der Waals surface area contributed by atoms with Gasteiger partial charge in [-0.1, -0.05) is 23.7 Å². The molecule has 2 aliphatic heterocycles. The number of benzene rings is 1. The monoisotopic (exact) mass is 419 g/mol. The van der Waals surface area contributed by atoms with E-state index in [9.17, 15) is 14.4 Å². The van der Waals surface area contributed by atoms with Gasteiger partial charge >= 0.3 is 6.03 Å². The van der Waals surface area contributed by atoms with Gasteiger partial charge in [-0.2, -0.15) is 0 Å². The van der Waals surface area contributed by atoms with Gasteiger partial charge in [-0.3, -0.25) is 19.4 Å². The Kier molecular flexibility index (Phi) is 5.50. The first-order chi connectivity index (χ1) is 13.9. The van der Waals surface area contributed by atoms with Crippen molar-refractivity contribution >= 4 is 35.1 Å². The zero-order chi connectivity index (χ0) is 20.6. The van der Waals surface area contributed by atoms with E-state index in [0.29, 0.717) is 43.6 Å². The number of anilines is 1. The molecule has 1 saturated carbocycles. The van der Waals surface area contributed by atoms with Gasteiger partial charge in [-0.05, 0) is 37.8 Å². The van der Waals surface area contributed by atoms with Crippen LogP contribution in [0.1, 0.15) is 19.8 Å². The first-order valence-corrected chi connectivity index (χ1v) is 10.4. The molecule has 29 heavy (non-hydrogen) atoms.